The van der Waals surface area contributed by atoms with E-state index in [1.165, 1.54) is 12.8 Å². The number of fused-ring (bicyclic) bond motifs is 1. The average Bonchev–Trinajstić information content (AvgIpc) is 3.72. The number of benzene rings is 1. The fourth-order valence-electron chi connectivity index (χ4n) is 11.3. The van der Waals surface area contributed by atoms with Crippen LogP contribution in [0.25, 0.3) is 11.2 Å². The van der Waals surface area contributed by atoms with Gasteiger partial charge in [0.05, 0.1) is 30.3 Å². The number of nitrogens with zero attached hydrogens (tertiary/aromatic N) is 8. The summed E-state index contributed by atoms with van der Waals surface area (Å²) in [7, 11) is 0. The zero-order valence-electron chi connectivity index (χ0n) is 40.7. The molecule has 17 nitrogen and oxygen atoms in total. The van der Waals surface area contributed by atoms with Gasteiger partial charge in [0.1, 0.15) is 5.52 Å². The summed E-state index contributed by atoms with van der Waals surface area (Å²) >= 11 is 6.27. The molecule has 4 aliphatic heterocycles. The van der Waals surface area contributed by atoms with Crippen molar-refractivity contribution >= 4 is 69.6 Å². The third kappa shape index (κ3) is 12.9. The smallest absolute Gasteiger partial charge is 0.225 e. The Balaban J connectivity index is 0.000000178. The summed E-state index contributed by atoms with van der Waals surface area (Å²) in [6, 6.07) is 8.74. The van der Waals surface area contributed by atoms with E-state index in [1.807, 2.05) is 24.3 Å². The van der Waals surface area contributed by atoms with Gasteiger partial charge < -0.3 is 46.3 Å². The Morgan fingerprint density at radius 3 is 1.81 bits per heavy atom. The summed E-state index contributed by atoms with van der Waals surface area (Å²) in [5, 5.41) is 14.6. The molecule has 18 heteroatoms. The third-order valence-corrected chi connectivity index (χ3v) is 15.4. The number of imidazole rings is 1. The second-order valence-electron chi connectivity index (χ2n) is 20.4. The Hall–Kier alpha value is -5.00. The topological polar surface area (TPSA) is 203 Å². The number of likely N-dealkylation sites (tertiary alicyclic amines) is 2. The molecule has 4 atom stereocenters. The fraction of sp³-hybridized carbons (Fsp3) is 0.667. The number of aromatic nitrogens is 6. The van der Waals surface area contributed by atoms with Crippen molar-refractivity contribution in [3.63, 3.8) is 0 Å². The number of ether oxygens (including phenoxy) is 2. The van der Waals surface area contributed by atoms with Crippen LogP contribution in [-0.2, 0) is 19.1 Å². The van der Waals surface area contributed by atoms with Gasteiger partial charge in [-0.1, -0.05) is 17.7 Å². The van der Waals surface area contributed by atoms with Crippen LogP contribution in [-0.4, -0.2) is 121 Å². The van der Waals surface area contributed by atoms with Crippen molar-refractivity contribution < 1.29 is 19.1 Å². The molecule has 374 valence electrons. The second kappa shape index (κ2) is 23.3. The van der Waals surface area contributed by atoms with Crippen LogP contribution in [0.1, 0.15) is 135 Å². The van der Waals surface area contributed by atoms with Crippen molar-refractivity contribution in [2.45, 2.75) is 166 Å². The highest BCUT2D eigenvalue weighted by atomic mass is 35.5. The van der Waals surface area contributed by atoms with E-state index in [0.717, 1.165) is 165 Å². The Labute approximate surface area is 412 Å². The fourth-order valence-corrected chi connectivity index (χ4v) is 11.5. The molecule has 69 heavy (non-hydrogen) atoms. The van der Waals surface area contributed by atoms with Gasteiger partial charge in [-0.15, -0.1) is 0 Å². The molecule has 3 aromatic heterocycles. The molecule has 1 aromatic carbocycles. The largest absolute Gasteiger partial charge is 0.394 e. The summed E-state index contributed by atoms with van der Waals surface area (Å²) < 4.78 is 13.5. The second-order valence-corrected chi connectivity index (χ2v) is 20.8. The van der Waals surface area contributed by atoms with Crippen LogP contribution in [0.15, 0.2) is 36.7 Å². The molecule has 0 spiro atoms. The summed E-state index contributed by atoms with van der Waals surface area (Å²) in [6.45, 7) is 9.41. The molecule has 4 aromatic rings. The van der Waals surface area contributed by atoms with Crippen LogP contribution in [0.3, 0.4) is 0 Å². The molecule has 0 bridgehead atoms. The number of amides is 2. The first-order valence-corrected chi connectivity index (χ1v) is 26.5. The van der Waals surface area contributed by atoms with E-state index in [-0.39, 0.29) is 36.1 Å². The Kier molecular flexibility index (Phi) is 16.5. The number of carbonyl (C=O) groups excluding carboxylic acids is 2. The van der Waals surface area contributed by atoms with E-state index < -0.39 is 0 Å². The molecule has 6 N–H and O–H groups in total. The highest BCUT2D eigenvalue weighted by Crippen LogP contribution is 2.39. The number of nitrogen functional groups attached to an aromatic ring is 1. The van der Waals surface area contributed by atoms with Crippen LogP contribution in [0, 0.1) is 11.8 Å². The normalized spacial score (nSPS) is 27.7. The zero-order valence-corrected chi connectivity index (χ0v) is 41.5. The number of nitrogens with two attached hydrogens (primary N) is 1. The van der Waals surface area contributed by atoms with Crippen LogP contribution in [0.4, 0.5) is 35.0 Å². The maximum Gasteiger partial charge on any atom is 0.225 e. The molecule has 10 rings (SSSR count). The number of hydrogen-bond donors (Lipinski definition) is 5. The van der Waals surface area contributed by atoms with E-state index in [1.54, 1.807) is 12.4 Å². The minimum atomic E-state index is 0.112. The maximum absolute atomic E-state index is 13.2. The molecule has 4 saturated heterocycles. The number of nitrogens with one attached hydrogen (secondary N) is 4. The average molecular weight is 969 g/mol. The van der Waals surface area contributed by atoms with Gasteiger partial charge in [-0.25, -0.2) is 15.0 Å². The van der Waals surface area contributed by atoms with Gasteiger partial charge in [0.25, 0.3) is 0 Å². The quantitative estimate of drug-likeness (QED) is 0.0953. The van der Waals surface area contributed by atoms with Gasteiger partial charge in [0, 0.05) is 86.1 Å². The van der Waals surface area contributed by atoms with Crippen LogP contribution in [0.5, 0.6) is 0 Å². The molecule has 2 unspecified atom stereocenters. The van der Waals surface area contributed by atoms with Crippen molar-refractivity contribution in [1.29, 1.82) is 0 Å². The molecule has 2 aliphatic carbocycles. The first kappa shape index (κ1) is 49.0. The molecular weight excluding hydrogens is 894 g/mol. The molecule has 2 amide bonds. The van der Waals surface area contributed by atoms with E-state index in [9.17, 15) is 9.59 Å². The first-order chi connectivity index (χ1) is 33.6. The molecular formula is C51H74ClN13O4. The number of halogens is 1. The lowest BCUT2D eigenvalue weighted by Crippen LogP contribution is -2.41. The van der Waals surface area contributed by atoms with Gasteiger partial charge in [0.15, 0.2) is 11.5 Å². The summed E-state index contributed by atoms with van der Waals surface area (Å²) in [5.74, 6) is 3.65. The van der Waals surface area contributed by atoms with Crippen LogP contribution in [0.2, 0.25) is 5.02 Å². The van der Waals surface area contributed by atoms with Crippen LogP contribution >= 0.6 is 11.6 Å². The van der Waals surface area contributed by atoms with Crippen molar-refractivity contribution in [3.8, 4) is 0 Å². The van der Waals surface area contributed by atoms with Crippen molar-refractivity contribution in [2.24, 2.45) is 11.8 Å². The highest BCUT2D eigenvalue weighted by molar-refractivity contribution is 6.30. The number of anilines is 6. The lowest BCUT2D eigenvalue weighted by molar-refractivity contribution is -0.138. The number of piperidine rings is 2. The number of rotatable bonds is 11. The molecule has 2 saturated carbocycles. The van der Waals surface area contributed by atoms with E-state index in [0.29, 0.717) is 52.3 Å². The Bertz CT molecular complexity index is 2320. The van der Waals surface area contributed by atoms with Gasteiger partial charge in [-0.2, -0.15) is 9.97 Å². The van der Waals surface area contributed by atoms with Crippen molar-refractivity contribution in [1.82, 2.24) is 39.3 Å². The maximum atomic E-state index is 13.2. The minimum Gasteiger partial charge on any atom is -0.394 e. The van der Waals surface area contributed by atoms with E-state index >= 15 is 0 Å². The Morgan fingerprint density at radius 1 is 0.667 bits per heavy atom. The van der Waals surface area contributed by atoms with Gasteiger partial charge in [-0.3, -0.25) is 14.2 Å². The summed E-state index contributed by atoms with van der Waals surface area (Å²) in [5.41, 5.74) is 9.13. The lowest BCUT2D eigenvalue weighted by atomic mass is 9.84. The zero-order chi connectivity index (χ0) is 47.7. The third-order valence-electron chi connectivity index (χ3n) is 15.1. The molecule has 7 heterocycles. The standard InChI is InChI=1S/C29H38ClN7O2.C22H36N6O2/c1-19-16-23(12-15-39-19)32-28-31-18-25-26(35-28)37(29(34-25)33-22-7-5-6-21(30)17-22)24-10-8-20(9-11-24)27(38)36-13-3-2-4-14-36;1-15-13-18(9-12-30-15)26-22-24-14-19(23)20(27-22)25-17-7-5-16(6-8-17)21(29)28-10-3-2-4-11-28/h5-7,17-20,23-24H,2-4,8-16H2,1H3,(H,33,34)(H,31,32,35);14-18H,2-13,23H2,1H3,(H2,24,25,26,27)/t;15-,16?,17?,18-/m.0/s1. The highest BCUT2D eigenvalue weighted by Gasteiger charge is 2.34. The van der Waals surface area contributed by atoms with Crippen molar-refractivity contribution in [2.75, 3.05) is 66.4 Å². The van der Waals surface area contributed by atoms with Gasteiger partial charge >= 0.3 is 0 Å². The monoisotopic (exact) mass is 968 g/mol. The van der Waals surface area contributed by atoms with Crippen molar-refractivity contribution in [3.05, 3.63) is 41.7 Å². The summed E-state index contributed by atoms with van der Waals surface area (Å²) in [4.78, 5) is 53.6. The minimum absolute atomic E-state index is 0.112. The Morgan fingerprint density at radius 2 is 1.23 bits per heavy atom. The predicted octanol–water partition coefficient (Wildman–Crippen LogP) is 8.97. The first-order valence-electron chi connectivity index (χ1n) is 26.1. The number of hydrogen-bond acceptors (Lipinski definition) is 14. The van der Waals surface area contributed by atoms with E-state index in [4.69, 9.17) is 36.8 Å². The van der Waals surface area contributed by atoms with Gasteiger partial charge in [0.2, 0.25) is 29.7 Å². The number of carbonyl (C=O) groups is 2. The SMILES string of the molecule is CC1CC(Nc2ncc3nc(Nc4cccc(Cl)c4)n(C4CCC(C(=O)N5CCCCC5)CC4)c3n2)CCO1.C[C@H]1C[C@@H](Nc2ncc(N)c(NC3CCC(C(=O)N4CCCCC4)CC3)n2)CCO1. The predicted molar refractivity (Wildman–Crippen MR) is 272 cm³/mol. The van der Waals surface area contributed by atoms with Crippen LogP contribution < -0.4 is 27.0 Å². The summed E-state index contributed by atoms with van der Waals surface area (Å²) in [6.07, 6.45) is 22.1. The van der Waals surface area contributed by atoms with Gasteiger partial charge in [-0.05, 0) is 148 Å². The molecule has 6 aliphatic rings. The molecule has 0 radical (unpaired) electrons. The lowest BCUT2D eigenvalue weighted by Gasteiger charge is -2.34. The molecule has 6 fully saturated rings. The van der Waals surface area contributed by atoms with E-state index in [2.05, 4.69) is 64.4 Å².